The molecular formula is C27H31NO4. The Hall–Kier alpha value is -2.76. The van der Waals surface area contributed by atoms with E-state index in [1.54, 1.807) is 0 Å². The summed E-state index contributed by atoms with van der Waals surface area (Å²) in [5, 5.41) is 1.78. The van der Waals surface area contributed by atoms with Gasteiger partial charge in [-0.3, -0.25) is 14.5 Å². The lowest BCUT2D eigenvalue weighted by Crippen LogP contribution is -2.26. The molecule has 0 radical (unpaired) electrons. The molecule has 168 valence electrons. The predicted molar refractivity (Wildman–Crippen MR) is 126 cm³/mol. The van der Waals surface area contributed by atoms with Gasteiger partial charge in [0, 0.05) is 23.2 Å². The lowest BCUT2D eigenvalue weighted by molar-refractivity contribution is 0.0238. The summed E-state index contributed by atoms with van der Waals surface area (Å²) < 4.78 is 12.1. The maximum absolute atomic E-state index is 13.1. The number of ether oxygens (including phenoxy) is 1. The Balaban J connectivity index is 1.65. The lowest BCUT2D eigenvalue weighted by Gasteiger charge is -2.20. The third-order valence-electron chi connectivity index (χ3n) is 6.64. The van der Waals surface area contributed by atoms with Crippen molar-refractivity contribution in [3.05, 3.63) is 58.3 Å². The molecule has 0 bridgehead atoms. The number of nitrogens with zero attached hydrogens (tertiary/aromatic N) is 1. The molecule has 1 heterocycles. The van der Waals surface area contributed by atoms with Crippen LogP contribution in [0.3, 0.4) is 0 Å². The Bertz CT molecular complexity index is 1200. The normalized spacial score (nSPS) is 14.4. The molecule has 0 saturated heterocycles. The molecule has 5 heteroatoms. The fourth-order valence-electron chi connectivity index (χ4n) is 4.26. The molecule has 0 spiro atoms. The van der Waals surface area contributed by atoms with Crippen LogP contribution in [0, 0.1) is 19.8 Å². The molecule has 2 aromatic carbocycles. The molecule has 4 rings (SSSR count). The summed E-state index contributed by atoms with van der Waals surface area (Å²) in [7, 11) is 2.00. The predicted octanol–water partition coefficient (Wildman–Crippen LogP) is 5.59. The van der Waals surface area contributed by atoms with Crippen molar-refractivity contribution in [2.45, 2.75) is 47.3 Å². The van der Waals surface area contributed by atoms with Crippen LogP contribution in [0.4, 0.5) is 0 Å². The molecule has 0 fully saturated rings. The van der Waals surface area contributed by atoms with Crippen LogP contribution in [-0.2, 0) is 11.3 Å². The molecule has 5 nitrogen and oxygen atoms in total. The Morgan fingerprint density at radius 3 is 2.41 bits per heavy atom. The minimum Gasteiger partial charge on any atom is -0.459 e. The summed E-state index contributed by atoms with van der Waals surface area (Å²) >= 11 is 0. The minimum absolute atomic E-state index is 0.208. The Morgan fingerprint density at radius 1 is 0.969 bits per heavy atom. The van der Waals surface area contributed by atoms with Crippen molar-refractivity contribution in [1.29, 1.82) is 0 Å². The molecule has 1 unspecified atom stereocenters. The zero-order valence-electron chi connectivity index (χ0n) is 19.7. The number of likely N-dealkylation sites (N-methyl/N-ethyl adjacent to an activating group) is 1. The number of furan rings is 1. The van der Waals surface area contributed by atoms with Gasteiger partial charge >= 0.3 is 0 Å². The van der Waals surface area contributed by atoms with Crippen LogP contribution >= 0.6 is 0 Å². The van der Waals surface area contributed by atoms with Gasteiger partial charge in [-0.25, -0.2) is 0 Å². The molecule has 0 aliphatic heterocycles. The molecule has 0 N–H and O–H groups in total. The number of hydrogen-bond acceptors (Lipinski definition) is 5. The van der Waals surface area contributed by atoms with Gasteiger partial charge in [-0.1, -0.05) is 38.1 Å². The Morgan fingerprint density at radius 2 is 1.69 bits per heavy atom. The zero-order valence-corrected chi connectivity index (χ0v) is 19.7. The van der Waals surface area contributed by atoms with Gasteiger partial charge in [-0.15, -0.1) is 0 Å². The number of benzene rings is 2. The number of rotatable bonds is 7. The number of aryl methyl sites for hydroxylation is 1. The van der Waals surface area contributed by atoms with Crippen molar-refractivity contribution in [2.75, 3.05) is 20.2 Å². The summed E-state index contributed by atoms with van der Waals surface area (Å²) in [6.07, 6.45) is 0.208. The van der Waals surface area contributed by atoms with Crippen LogP contribution in [-0.4, -0.2) is 42.8 Å². The van der Waals surface area contributed by atoms with Crippen molar-refractivity contribution in [1.82, 2.24) is 4.90 Å². The van der Waals surface area contributed by atoms with Crippen LogP contribution in [0.1, 0.15) is 58.4 Å². The second-order valence-electron chi connectivity index (χ2n) is 9.23. The molecule has 32 heavy (non-hydrogen) atoms. The number of carbonyl (C=O) groups excluding carboxylic acids is 2. The van der Waals surface area contributed by atoms with Gasteiger partial charge in [0.25, 0.3) is 0 Å². The van der Waals surface area contributed by atoms with E-state index in [1.165, 1.54) is 0 Å². The highest BCUT2D eigenvalue weighted by molar-refractivity contribution is 6.54. The van der Waals surface area contributed by atoms with Crippen molar-refractivity contribution in [3.8, 4) is 11.3 Å². The highest BCUT2D eigenvalue weighted by atomic mass is 16.5. The Kier molecular flexibility index (Phi) is 6.06. The first kappa shape index (κ1) is 22.4. The van der Waals surface area contributed by atoms with Crippen molar-refractivity contribution in [2.24, 2.45) is 5.92 Å². The van der Waals surface area contributed by atoms with Crippen molar-refractivity contribution in [3.63, 3.8) is 0 Å². The van der Waals surface area contributed by atoms with Gasteiger partial charge in [0.2, 0.25) is 11.6 Å². The van der Waals surface area contributed by atoms with E-state index in [2.05, 4.69) is 25.7 Å². The summed E-state index contributed by atoms with van der Waals surface area (Å²) in [5.74, 6) is 0.767. The highest BCUT2D eigenvalue weighted by Crippen LogP contribution is 2.41. The van der Waals surface area contributed by atoms with Gasteiger partial charge in [0.15, 0.2) is 0 Å². The molecule has 1 atom stereocenters. The molecule has 3 aromatic rings. The van der Waals surface area contributed by atoms with Gasteiger partial charge in [-0.05, 0) is 56.1 Å². The first-order chi connectivity index (χ1) is 15.2. The Labute approximate surface area is 189 Å². The number of Topliss-reactive ketones (excluding diaryl/α,β-unsaturated/α-hetero) is 2. The highest BCUT2D eigenvalue weighted by Gasteiger charge is 2.37. The van der Waals surface area contributed by atoms with Crippen molar-refractivity contribution < 1.29 is 18.7 Å². The quantitative estimate of drug-likeness (QED) is 0.455. The topological polar surface area (TPSA) is 59.8 Å². The second-order valence-corrected chi connectivity index (χ2v) is 9.23. The molecule has 0 amide bonds. The molecule has 1 aliphatic carbocycles. The van der Waals surface area contributed by atoms with Crippen LogP contribution in [0.25, 0.3) is 22.1 Å². The van der Waals surface area contributed by atoms with Gasteiger partial charge < -0.3 is 9.15 Å². The summed E-state index contributed by atoms with van der Waals surface area (Å²) in [6, 6.07) is 9.74. The van der Waals surface area contributed by atoms with Gasteiger partial charge in [-0.2, -0.15) is 0 Å². The first-order valence-electron chi connectivity index (χ1n) is 11.2. The maximum atomic E-state index is 13.1. The summed E-state index contributed by atoms with van der Waals surface area (Å²) in [5.41, 5.74) is 3.38. The van der Waals surface area contributed by atoms with Crippen LogP contribution in [0.2, 0.25) is 0 Å². The first-order valence-corrected chi connectivity index (χ1v) is 11.2. The minimum atomic E-state index is -0.481. The second kappa shape index (κ2) is 8.64. The van der Waals surface area contributed by atoms with E-state index in [-0.39, 0.29) is 6.10 Å². The van der Waals surface area contributed by atoms with E-state index in [0.29, 0.717) is 47.3 Å². The monoisotopic (exact) mass is 433 g/mol. The van der Waals surface area contributed by atoms with Crippen molar-refractivity contribution >= 4 is 22.3 Å². The van der Waals surface area contributed by atoms with E-state index in [1.807, 2.05) is 51.2 Å². The van der Waals surface area contributed by atoms with Crippen LogP contribution in [0.5, 0.6) is 0 Å². The molecular weight excluding hydrogens is 402 g/mol. The van der Waals surface area contributed by atoms with E-state index >= 15 is 0 Å². The zero-order chi connectivity index (χ0) is 23.2. The van der Waals surface area contributed by atoms with E-state index < -0.39 is 11.6 Å². The lowest BCUT2D eigenvalue weighted by atomic mass is 9.83. The number of ketones is 2. The van der Waals surface area contributed by atoms with E-state index in [0.717, 1.165) is 28.4 Å². The summed E-state index contributed by atoms with van der Waals surface area (Å²) in [6.45, 7) is 12.2. The van der Waals surface area contributed by atoms with Gasteiger partial charge in [0.1, 0.15) is 11.5 Å². The summed E-state index contributed by atoms with van der Waals surface area (Å²) in [4.78, 5) is 28.3. The molecule has 0 saturated carbocycles. The van der Waals surface area contributed by atoms with E-state index in [4.69, 9.17) is 9.15 Å². The average molecular weight is 434 g/mol. The number of fused-ring (bicyclic) bond motifs is 5. The fraction of sp³-hybridized carbons (Fsp3) is 0.407. The third kappa shape index (κ3) is 3.80. The van der Waals surface area contributed by atoms with E-state index in [9.17, 15) is 9.59 Å². The fourth-order valence-corrected chi connectivity index (χ4v) is 4.26. The van der Waals surface area contributed by atoms with Crippen LogP contribution in [0.15, 0.2) is 34.7 Å². The van der Waals surface area contributed by atoms with Gasteiger partial charge in [0.05, 0.1) is 24.8 Å². The third-order valence-corrected chi connectivity index (χ3v) is 6.64. The smallest absolute Gasteiger partial charge is 0.237 e. The average Bonchev–Trinajstić information content (AvgIpc) is 3.07. The SMILES string of the molecule is Cc1c(CN(C)CCOC(C)C(C)C)oc2c1C(=O)C(=O)c1c-2ccc2c(C)cccc12. The van der Waals surface area contributed by atoms with Crippen LogP contribution < -0.4 is 0 Å². The maximum Gasteiger partial charge on any atom is 0.237 e. The standard InChI is InChI=1S/C27H31NO4/c1-15(2)18(5)31-13-12-28(6)14-22-17(4)23-25(29)26(30)24-20-9-7-8-16(3)19(20)10-11-21(24)27(23)32-22/h7-11,15,18H,12-14H2,1-6H3. The largest absolute Gasteiger partial charge is 0.459 e. The number of carbonyl (C=O) groups is 2. The molecule has 1 aromatic heterocycles. The molecule has 1 aliphatic rings. The number of hydrogen-bond donors (Lipinski definition) is 0.